The van der Waals surface area contributed by atoms with Crippen LogP contribution in [0.15, 0.2) is 41.3 Å². The predicted molar refractivity (Wildman–Crippen MR) is 340 cm³/mol. The molecular formula is C62H120N8O10S. The highest BCUT2D eigenvalue weighted by Crippen LogP contribution is 2.19. The van der Waals surface area contributed by atoms with Crippen molar-refractivity contribution in [2.24, 2.45) is 0 Å². The van der Waals surface area contributed by atoms with Gasteiger partial charge in [0.2, 0.25) is 29.5 Å². The lowest BCUT2D eigenvalue weighted by Gasteiger charge is -2.34. The first-order valence-electron chi connectivity index (χ1n) is 30.4. The summed E-state index contributed by atoms with van der Waals surface area (Å²) in [7, 11) is 0. The monoisotopic (exact) mass is 1170 g/mol. The maximum Gasteiger partial charge on any atom is 0.324 e. The van der Waals surface area contributed by atoms with Crippen molar-refractivity contribution in [1.29, 1.82) is 0 Å². The molecule has 0 aliphatic carbocycles. The van der Waals surface area contributed by atoms with Crippen LogP contribution in [0, 0.1) is 0 Å². The molecule has 0 unspecified atom stereocenters. The number of piperidine rings is 1. The number of thioether (sulfide) groups is 1. The minimum atomic E-state index is -0.278. The summed E-state index contributed by atoms with van der Waals surface area (Å²) in [5.74, 6) is 0.323. The fourth-order valence-electron chi connectivity index (χ4n) is 6.99. The van der Waals surface area contributed by atoms with Gasteiger partial charge < -0.3 is 19.7 Å². The maximum absolute atomic E-state index is 11.2. The Kier molecular flexibility index (Phi) is 61.3. The molecule has 81 heavy (non-hydrogen) atoms. The first-order chi connectivity index (χ1) is 38.2. The number of hydrogen-bond acceptors (Lipinski definition) is 12. The molecule has 10 amide bonds. The van der Waals surface area contributed by atoms with Crippen molar-refractivity contribution < 1.29 is 43.2 Å². The van der Waals surface area contributed by atoms with Crippen LogP contribution >= 0.6 is 11.8 Å². The van der Waals surface area contributed by atoms with E-state index in [9.17, 15) is 47.9 Å². The van der Waals surface area contributed by atoms with Gasteiger partial charge in [-0.2, -0.15) is 0 Å². The number of likely N-dealkylation sites (tertiary alicyclic amines) is 3. The average molecular weight is 1170 g/mol. The fraction of sp³-hybridized carbons (Fsp3) is 0.742. The van der Waals surface area contributed by atoms with Crippen LogP contribution in [0.3, 0.4) is 0 Å². The van der Waals surface area contributed by atoms with E-state index in [4.69, 9.17) is 0 Å². The van der Waals surface area contributed by atoms with Crippen LogP contribution in [0.4, 0.5) is 9.59 Å². The van der Waals surface area contributed by atoms with Gasteiger partial charge in [0.1, 0.15) is 0 Å². The molecule has 6 aliphatic heterocycles. The zero-order valence-electron chi connectivity index (χ0n) is 56.4. The summed E-state index contributed by atoms with van der Waals surface area (Å²) >= 11 is 1.42. The molecule has 0 spiro atoms. The van der Waals surface area contributed by atoms with Gasteiger partial charge >= 0.3 is 6.03 Å². The molecule has 0 bridgehead atoms. The van der Waals surface area contributed by atoms with Crippen LogP contribution in [-0.2, 0) is 33.6 Å². The molecule has 0 radical (unpaired) electrons. The van der Waals surface area contributed by atoms with Crippen molar-refractivity contribution >= 4 is 64.4 Å². The standard InChI is InChI=1S/C8H13NO2.C8H11NO.C7H11NO2.C7H9NO2.C6H10N2O2.C6H11NOS.C6H13N.7C2H6/c1-6(2)9-7(10)4-3-5-8(9)11;1-7(2)9-6-4-3-5-8(9)10;2*1-5(2)8-6(9)3-4-7(8)10;1-4(2)8-5(9)3-7-6(8)10;1-5(2)7-3-4-9-6(7)8;1-6(2)7-4-3-5-7;7*1-2/h6H,3-5H2,1-2H3;3-7H,1-2H3;5H,3-4H2,1-2H3;3-5H,1-2H3;4H,3H2,1-2H3,(H,7,10);5H,3-4H2,1-2H3;6H,3-5H2,1-2H3;7*1-2H3. The molecule has 7 heterocycles. The van der Waals surface area contributed by atoms with E-state index in [1.165, 1.54) is 63.0 Å². The number of carbonyl (C=O) groups excluding carboxylic acids is 9. The second-order valence-corrected chi connectivity index (χ2v) is 19.3. The normalized spacial score (nSPS) is 15.5. The summed E-state index contributed by atoms with van der Waals surface area (Å²) in [5.41, 5.74) is 0.0671. The quantitative estimate of drug-likeness (QED) is 0.200. The van der Waals surface area contributed by atoms with E-state index in [1.807, 2.05) is 191 Å². The third-order valence-corrected chi connectivity index (χ3v) is 11.5. The van der Waals surface area contributed by atoms with Gasteiger partial charge in [0.15, 0.2) is 0 Å². The van der Waals surface area contributed by atoms with Gasteiger partial charge in [-0.15, -0.1) is 0 Å². The molecule has 6 aliphatic rings. The summed E-state index contributed by atoms with van der Waals surface area (Å²) in [4.78, 5) is 119. The third kappa shape index (κ3) is 37.5. The van der Waals surface area contributed by atoms with Gasteiger partial charge in [-0.3, -0.25) is 62.8 Å². The molecule has 5 fully saturated rings. The smallest absolute Gasteiger partial charge is 0.324 e. The first-order valence-corrected chi connectivity index (χ1v) is 31.4. The molecule has 1 aromatic heterocycles. The second kappa shape index (κ2) is 55.4. The Labute approximate surface area is 498 Å². The van der Waals surface area contributed by atoms with E-state index in [0.29, 0.717) is 31.7 Å². The molecular weight excluding hydrogens is 1050 g/mol. The number of nitrogens with zero attached hydrogens (tertiary/aromatic N) is 7. The number of rotatable bonds is 7. The van der Waals surface area contributed by atoms with E-state index < -0.39 is 0 Å². The molecule has 0 atom stereocenters. The molecule has 1 N–H and O–H groups in total. The van der Waals surface area contributed by atoms with E-state index in [1.54, 1.807) is 22.9 Å². The molecule has 5 saturated heterocycles. The number of hydrogen-bond donors (Lipinski definition) is 1. The predicted octanol–water partition coefficient (Wildman–Crippen LogP) is 13.0. The minimum Gasteiger partial charge on any atom is -0.330 e. The summed E-state index contributed by atoms with van der Waals surface area (Å²) in [5, 5.41) is 2.68. The first kappa shape index (κ1) is 89.6. The Hall–Kier alpha value is -5.17. The Morgan fingerprint density at radius 1 is 0.407 bits per heavy atom. The van der Waals surface area contributed by atoms with Crippen molar-refractivity contribution in [3.63, 3.8) is 0 Å². The molecule has 18 nitrogen and oxygen atoms in total. The number of carbonyl (C=O) groups is 9. The molecule has 1 aromatic rings. The van der Waals surface area contributed by atoms with Gasteiger partial charge in [-0.1, -0.05) is 115 Å². The molecule has 474 valence electrons. The van der Waals surface area contributed by atoms with Crippen LogP contribution in [0.1, 0.15) is 238 Å². The van der Waals surface area contributed by atoms with Crippen molar-refractivity contribution in [1.82, 2.24) is 39.3 Å². The van der Waals surface area contributed by atoms with Crippen LogP contribution in [0.5, 0.6) is 0 Å². The maximum atomic E-state index is 11.2. The molecule has 19 heteroatoms. The minimum absolute atomic E-state index is 0.0174. The van der Waals surface area contributed by atoms with Crippen LogP contribution < -0.4 is 10.9 Å². The zero-order chi connectivity index (χ0) is 65.3. The van der Waals surface area contributed by atoms with Gasteiger partial charge in [-0.25, -0.2) is 4.79 Å². The topological polar surface area (TPSA) is 207 Å². The number of pyridine rings is 1. The number of nitrogens with one attached hydrogen (secondary N) is 1. The van der Waals surface area contributed by atoms with Crippen molar-refractivity contribution in [3.8, 4) is 0 Å². The highest BCUT2D eigenvalue weighted by atomic mass is 32.2. The Morgan fingerprint density at radius 3 is 0.975 bits per heavy atom. The van der Waals surface area contributed by atoms with E-state index in [2.05, 4.69) is 24.1 Å². The van der Waals surface area contributed by atoms with E-state index in [0.717, 1.165) is 24.8 Å². The van der Waals surface area contributed by atoms with Crippen LogP contribution in [-0.4, -0.2) is 155 Å². The average Bonchev–Trinajstić information content (AvgIpc) is 4.20. The number of amides is 10. The lowest BCUT2D eigenvalue weighted by Crippen LogP contribution is -2.44. The number of imide groups is 4. The lowest BCUT2D eigenvalue weighted by atomic mass is 10.1. The summed E-state index contributed by atoms with van der Waals surface area (Å²) in [6.07, 6.45) is 8.39. The van der Waals surface area contributed by atoms with Crippen LogP contribution in [0.25, 0.3) is 0 Å². The van der Waals surface area contributed by atoms with Gasteiger partial charge in [0.05, 0.1) is 6.54 Å². The SMILES string of the molecule is CC.CC.CC.CC.CC.CC.CC.CC(C)N1C(=O)C=CC1=O.CC(C)N1C(=O)CCC1=O.CC(C)N1C(=O)CCCC1=O.CC(C)N1C(=O)CNC1=O.CC(C)N1CCC1.CC(C)N1CCSC1=O.CC(C)n1ccccc1=O. The Balaban J connectivity index is -0.000000152. The molecule has 7 rings (SSSR count). The summed E-state index contributed by atoms with van der Waals surface area (Å²) < 4.78 is 1.69. The largest absolute Gasteiger partial charge is 0.330 e. The number of urea groups is 1. The van der Waals surface area contributed by atoms with Gasteiger partial charge in [0, 0.05) is 105 Å². The summed E-state index contributed by atoms with van der Waals surface area (Å²) in [6, 6.07) is 6.32. The number of aromatic nitrogens is 1. The zero-order valence-corrected chi connectivity index (χ0v) is 57.2. The summed E-state index contributed by atoms with van der Waals surface area (Å²) in [6.45, 7) is 59.0. The third-order valence-electron chi connectivity index (χ3n) is 10.6. The fourth-order valence-corrected chi connectivity index (χ4v) is 7.92. The van der Waals surface area contributed by atoms with Gasteiger partial charge in [0.25, 0.3) is 22.6 Å². The Bertz CT molecular complexity index is 1830. The van der Waals surface area contributed by atoms with Crippen molar-refractivity contribution in [2.75, 3.05) is 31.9 Å². The lowest BCUT2D eigenvalue weighted by molar-refractivity contribution is -0.150. The van der Waals surface area contributed by atoms with E-state index in [-0.39, 0.29) is 94.9 Å². The molecule has 0 saturated carbocycles. The Morgan fingerprint density at radius 2 is 0.790 bits per heavy atom. The second-order valence-electron chi connectivity index (χ2n) is 18.3. The highest BCUT2D eigenvalue weighted by molar-refractivity contribution is 8.13. The molecule has 0 aromatic carbocycles. The van der Waals surface area contributed by atoms with Crippen molar-refractivity contribution in [2.45, 2.75) is 275 Å². The van der Waals surface area contributed by atoms with Crippen molar-refractivity contribution in [3.05, 3.63) is 46.9 Å². The van der Waals surface area contributed by atoms with E-state index >= 15 is 0 Å². The van der Waals surface area contributed by atoms with Gasteiger partial charge in [-0.05, 0) is 129 Å². The highest BCUT2D eigenvalue weighted by Gasteiger charge is 2.32. The van der Waals surface area contributed by atoms with Crippen LogP contribution in [0.2, 0.25) is 0 Å².